The molecule has 4 rings (SSSR count). The number of carbonyl (C=O) groups excluding carboxylic acids is 1. The van der Waals surface area contributed by atoms with Gasteiger partial charge >= 0.3 is 0 Å². The molecule has 0 radical (unpaired) electrons. The molecular weight excluding hydrogens is 327 g/mol. The highest BCUT2D eigenvalue weighted by Crippen LogP contribution is 2.29. The smallest absolute Gasteiger partial charge is 0.223 e. The lowest BCUT2D eigenvalue weighted by atomic mass is 10.0. The van der Waals surface area contributed by atoms with Crippen LogP contribution in [-0.4, -0.2) is 59.1 Å². The van der Waals surface area contributed by atoms with Gasteiger partial charge in [0.15, 0.2) is 5.82 Å². The molecule has 1 unspecified atom stereocenters. The van der Waals surface area contributed by atoms with Crippen LogP contribution in [-0.2, 0) is 17.0 Å². The third-order valence-corrected chi connectivity index (χ3v) is 6.38. The fourth-order valence-corrected chi connectivity index (χ4v) is 4.91. The largest absolute Gasteiger partial charge is 0.355 e. The van der Waals surface area contributed by atoms with Crippen LogP contribution in [0.25, 0.3) is 0 Å². The molecule has 0 aliphatic carbocycles. The van der Waals surface area contributed by atoms with Crippen molar-refractivity contribution in [2.45, 2.75) is 37.5 Å². The number of fused-ring (bicyclic) bond motifs is 1. The van der Waals surface area contributed by atoms with Gasteiger partial charge in [-0.15, -0.1) is 5.10 Å². The number of hydrogen-bond acceptors (Lipinski definition) is 5. The molecule has 1 amide bonds. The quantitative estimate of drug-likeness (QED) is 0.835. The summed E-state index contributed by atoms with van der Waals surface area (Å²) >= 11 is 1.95. The van der Waals surface area contributed by atoms with Gasteiger partial charge in [0.1, 0.15) is 0 Å². The summed E-state index contributed by atoms with van der Waals surface area (Å²) in [6.45, 7) is 1.98. The van der Waals surface area contributed by atoms with Gasteiger partial charge in [-0.2, -0.15) is 16.9 Å². The van der Waals surface area contributed by atoms with Crippen LogP contribution in [0.3, 0.4) is 0 Å². The Balaban J connectivity index is 1.39. The number of alkyl halides is 1. The van der Waals surface area contributed by atoms with E-state index in [1.165, 1.54) is 5.56 Å². The number of nitrogens with zero attached hydrogens (tertiary/aromatic N) is 4. The van der Waals surface area contributed by atoms with Crippen LogP contribution in [0, 0.1) is 5.92 Å². The molecule has 4 heterocycles. The molecule has 2 saturated heterocycles. The number of hydrogen-bond donors (Lipinski definition) is 0. The van der Waals surface area contributed by atoms with Crippen molar-refractivity contribution >= 4 is 23.5 Å². The molecule has 130 valence electrons. The fourth-order valence-electron chi connectivity index (χ4n) is 3.96. The van der Waals surface area contributed by atoms with Gasteiger partial charge in [0, 0.05) is 50.2 Å². The van der Waals surface area contributed by atoms with Gasteiger partial charge in [-0.25, -0.2) is 0 Å². The second kappa shape index (κ2) is 6.86. The van der Waals surface area contributed by atoms with Gasteiger partial charge in [-0.1, -0.05) is 0 Å². The number of rotatable bonds is 3. The van der Waals surface area contributed by atoms with Crippen LogP contribution < -0.4 is 4.90 Å². The van der Waals surface area contributed by atoms with Gasteiger partial charge < -0.3 is 9.80 Å². The first kappa shape index (κ1) is 16.1. The van der Waals surface area contributed by atoms with Gasteiger partial charge in [-0.3, -0.25) is 9.18 Å². The zero-order chi connectivity index (χ0) is 16.5. The predicted octanol–water partition coefficient (Wildman–Crippen LogP) is 2.05. The molecule has 0 N–H and O–H groups in total. The maximum Gasteiger partial charge on any atom is 0.223 e. The normalized spacial score (nSPS) is 25.2. The van der Waals surface area contributed by atoms with Crippen LogP contribution >= 0.6 is 11.8 Å². The Bertz CT molecular complexity index is 621. The van der Waals surface area contributed by atoms with Gasteiger partial charge in [-0.05, 0) is 30.2 Å². The number of likely N-dealkylation sites (tertiary alicyclic amines) is 1. The zero-order valence-electron chi connectivity index (χ0n) is 13.8. The van der Waals surface area contributed by atoms with Crippen molar-refractivity contribution in [3.63, 3.8) is 0 Å². The summed E-state index contributed by atoms with van der Waals surface area (Å²) in [5.41, 5.74) is 2.46. The van der Waals surface area contributed by atoms with E-state index in [0.29, 0.717) is 13.0 Å². The van der Waals surface area contributed by atoms with Crippen molar-refractivity contribution in [2.24, 2.45) is 5.92 Å². The van der Waals surface area contributed by atoms with Crippen LogP contribution in [0.4, 0.5) is 10.2 Å². The van der Waals surface area contributed by atoms with Crippen molar-refractivity contribution in [3.05, 3.63) is 17.3 Å². The van der Waals surface area contributed by atoms with E-state index in [4.69, 9.17) is 0 Å². The molecule has 1 atom stereocenters. The summed E-state index contributed by atoms with van der Waals surface area (Å²) in [4.78, 5) is 16.3. The van der Waals surface area contributed by atoms with E-state index in [9.17, 15) is 9.18 Å². The molecule has 24 heavy (non-hydrogen) atoms. The molecule has 1 aromatic rings. The lowest BCUT2D eigenvalue weighted by Crippen LogP contribution is -2.46. The van der Waals surface area contributed by atoms with Crippen molar-refractivity contribution < 1.29 is 9.18 Å². The first-order chi connectivity index (χ1) is 11.7. The number of carbonyl (C=O) groups is 1. The van der Waals surface area contributed by atoms with Crippen molar-refractivity contribution in [1.82, 2.24) is 15.1 Å². The minimum Gasteiger partial charge on any atom is -0.355 e. The van der Waals surface area contributed by atoms with E-state index >= 15 is 0 Å². The summed E-state index contributed by atoms with van der Waals surface area (Å²) in [6, 6.07) is 2.45. The number of anilines is 1. The first-order valence-electron chi connectivity index (χ1n) is 8.78. The monoisotopic (exact) mass is 350 g/mol. The minimum absolute atomic E-state index is 0.0976. The van der Waals surface area contributed by atoms with E-state index in [-0.39, 0.29) is 24.5 Å². The summed E-state index contributed by atoms with van der Waals surface area (Å²) in [7, 11) is 0. The van der Waals surface area contributed by atoms with Crippen molar-refractivity contribution in [1.29, 1.82) is 0 Å². The third-order valence-electron chi connectivity index (χ3n) is 5.37. The molecule has 5 nitrogen and oxygen atoms in total. The summed E-state index contributed by atoms with van der Waals surface area (Å²) in [6.07, 6.45) is 3.25. The average molecular weight is 350 g/mol. The van der Waals surface area contributed by atoms with Crippen molar-refractivity contribution in [2.75, 3.05) is 37.0 Å². The van der Waals surface area contributed by atoms with Gasteiger partial charge in [0.05, 0.1) is 12.4 Å². The summed E-state index contributed by atoms with van der Waals surface area (Å²) < 4.78 is 12.8. The Labute approximate surface area is 146 Å². The number of amides is 1. The fraction of sp³-hybridized carbons (Fsp3) is 0.706. The van der Waals surface area contributed by atoms with Crippen LogP contribution in [0.1, 0.15) is 30.5 Å². The zero-order valence-corrected chi connectivity index (χ0v) is 14.6. The van der Waals surface area contributed by atoms with Crippen LogP contribution in [0.5, 0.6) is 0 Å². The van der Waals surface area contributed by atoms with E-state index < -0.39 is 0 Å². The topological polar surface area (TPSA) is 49.3 Å². The summed E-state index contributed by atoms with van der Waals surface area (Å²) in [5, 5.41) is 8.83. The highest BCUT2D eigenvalue weighted by atomic mass is 32.2. The second-order valence-corrected chi connectivity index (χ2v) is 8.07. The van der Waals surface area contributed by atoms with E-state index in [1.54, 1.807) is 0 Å². The number of piperidine rings is 1. The van der Waals surface area contributed by atoms with Crippen LogP contribution in [0.15, 0.2) is 6.07 Å². The molecule has 0 saturated carbocycles. The third kappa shape index (κ3) is 3.10. The highest BCUT2D eigenvalue weighted by molar-refractivity contribution is 7.98. The molecule has 7 heteroatoms. The standard InChI is InChI=1S/C17H23FN4OS/c18-9-12-7-17(23)22(10-12)14-1-4-21(5-2-14)16-8-13-11-24-6-3-15(13)19-20-16/h8,12,14H,1-7,9-11H2. The molecule has 3 aliphatic heterocycles. The van der Waals surface area contributed by atoms with Gasteiger partial charge in [0.2, 0.25) is 5.91 Å². The average Bonchev–Trinajstić information content (AvgIpc) is 3.02. The Morgan fingerprint density at radius 1 is 1.29 bits per heavy atom. The molecule has 3 aliphatic rings. The molecular formula is C17H23FN4OS. The maximum atomic E-state index is 12.8. The molecule has 0 spiro atoms. The van der Waals surface area contributed by atoms with E-state index in [0.717, 1.165) is 55.4 Å². The van der Waals surface area contributed by atoms with Crippen LogP contribution in [0.2, 0.25) is 0 Å². The lowest BCUT2D eigenvalue weighted by molar-refractivity contribution is -0.130. The Kier molecular flexibility index (Phi) is 4.61. The number of halogens is 1. The number of thioether (sulfide) groups is 1. The highest BCUT2D eigenvalue weighted by Gasteiger charge is 2.36. The Hall–Kier alpha value is -1.37. The first-order valence-corrected chi connectivity index (χ1v) is 9.93. The summed E-state index contributed by atoms with van der Waals surface area (Å²) in [5.74, 6) is 3.16. The molecule has 0 bridgehead atoms. The Morgan fingerprint density at radius 2 is 2.12 bits per heavy atom. The second-order valence-electron chi connectivity index (χ2n) is 6.97. The Morgan fingerprint density at radius 3 is 2.88 bits per heavy atom. The molecule has 0 aromatic carbocycles. The molecule has 1 aromatic heterocycles. The van der Waals surface area contributed by atoms with Crippen molar-refractivity contribution in [3.8, 4) is 0 Å². The van der Waals surface area contributed by atoms with E-state index in [1.807, 2.05) is 16.7 Å². The number of aromatic nitrogens is 2. The minimum atomic E-state index is -0.385. The maximum absolute atomic E-state index is 12.8. The van der Waals surface area contributed by atoms with E-state index in [2.05, 4.69) is 21.2 Å². The number of aryl methyl sites for hydroxylation is 1. The SMILES string of the molecule is O=C1CC(CF)CN1C1CCN(c2cc3c(nn2)CCSC3)CC1. The predicted molar refractivity (Wildman–Crippen MR) is 92.9 cm³/mol. The lowest BCUT2D eigenvalue weighted by Gasteiger charge is -2.37. The molecule has 2 fully saturated rings. The van der Waals surface area contributed by atoms with Gasteiger partial charge in [0.25, 0.3) is 0 Å².